The first kappa shape index (κ1) is 24.7. The van der Waals surface area contributed by atoms with Gasteiger partial charge in [0.1, 0.15) is 12.5 Å². The van der Waals surface area contributed by atoms with Gasteiger partial charge in [0, 0.05) is 27.3 Å². The lowest BCUT2D eigenvalue weighted by Gasteiger charge is -2.45. The van der Waals surface area contributed by atoms with Crippen molar-refractivity contribution in [3.05, 3.63) is 12.4 Å². The topological polar surface area (TPSA) is 115 Å². The largest absolute Gasteiger partial charge is 0.383 e. The van der Waals surface area contributed by atoms with E-state index in [1.165, 1.54) is 12.6 Å². The number of hydrogen-bond acceptors (Lipinski definition) is 6. The van der Waals surface area contributed by atoms with E-state index < -0.39 is 19.9 Å². The maximum absolute atomic E-state index is 13.3. The third-order valence-corrected chi connectivity index (χ3v) is 8.88. The molecule has 10 heteroatoms. The number of nitrogens with one attached hydrogen (secondary N) is 1. The summed E-state index contributed by atoms with van der Waals surface area (Å²) in [7, 11) is -1.21. The predicted octanol–water partition coefficient (Wildman–Crippen LogP) is 3.69. The summed E-state index contributed by atoms with van der Waals surface area (Å²) in [5, 5.41) is 7.82. The molecule has 2 atom stereocenters. The fourth-order valence-electron chi connectivity index (χ4n) is 4.87. The van der Waals surface area contributed by atoms with Crippen LogP contribution in [0.4, 0.5) is 11.5 Å². The van der Waals surface area contributed by atoms with Gasteiger partial charge in [0.05, 0.1) is 29.0 Å². The second-order valence-corrected chi connectivity index (χ2v) is 16.8. The fourth-order valence-corrected chi connectivity index (χ4v) is 5.63. The van der Waals surface area contributed by atoms with Gasteiger partial charge in [0.15, 0.2) is 0 Å². The van der Waals surface area contributed by atoms with E-state index in [4.69, 9.17) is 10.5 Å². The molecule has 2 aliphatic rings. The van der Waals surface area contributed by atoms with Gasteiger partial charge in [0.2, 0.25) is 0 Å². The van der Waals surface area contributed by atoms with Crippen molar-refractivity contribution < 1.29 is 14.3 Å². The van der Waals surface area contributed by atoms with Crippen LogP contribution in [0, 0.1) is 11.8 Å². The smallest absolute Gasteiger partial charge is 0.314 e. The number of hydrogen-bond donors (Lipinski definition) is 2. The number of carbonyl (C=O) groups excluding carboxylic acids is 2. The van der Waals surface area contributed by atoms with Gasteiger partial charge >= 0.3 is 11.8 Å². The molecule has 186 valence electrons. The van der Waals surface area contributed by atoms with Gasteiger partial charge in [-0.15, -0.1) is 0 Å². The summed E-state index contributed by atoms with van der Waals surface area (Å²) in [4.78, 5) is 32.4. The first-order chi connectivity index (χ1) is 16.1. The second kappa shape index (κ2) is 10.0. The number of piperidine rings is 1. The molecule has 1 saturated carbocycles. The third kappa shape index (κ3) is 5.43. The summed E-state index contributed by atoms with van der Waals surface area (Å²) >= 11 is 0. The summed E-state index contributed by atoms with van der Waals surface area (Å²) in [6.45, 7) is 10.6. The summed E-state index contributed by atoms with van der Waals surface area (Å²) in [5.41, 5.74) is 7.09. The van der Waals surface area contributed by atoms with E-state index in [1.807, 2.05) is 4.90 Å². The highest BCUT2D eigenvalue weighted by Crippen LogP contribution is 2.38. The van der Waals surface area contributed by atoms with Crippen molar-refractivity contribution in [2.75, 3.05) is 24.2 Å². The molecule has 3 heterocycles. The number of amides is 2. The molecule has 2 fully saturated rings. The van der Waals surface area contributed by atoms with Crippen LogP contribution in [0.1, 0.15) is 39.0 Å². The average molecular weight is 487 g/mol. The molecular formula is C24H38N6O3Si. The molecule has 1 saturated heterocycles. The Bertz CT molecular complexity index is 1050. The summed E-state index contributed by atoms with van der Waals surface area (Å²) in [6.07, 6.45) is 8.69. The van der Waals surface area contributed by atoms with Gasteiger partial charge in [-0.25, -0.2) is 9.67 Å². The zero-order valence-corrected chi connectivity index (χ0v) is 21.8. The molecule has 0 aromatic carbocycles. The number of carbonyl (C=O) groups is 2. The zero-order chi connectivity index (χ0) is 24.5. The fraction of sp³-hybridized carbons (Fsp3) is 0.667. The Morgan fingerprint density at radius 1 is 1.21 bits per heavy atom. The van der Waals surface area contributed by atoms with E-state index in [1.54, 1.807) is 10.9 Å². The Kier molecular flexibility index (Phi) is 7.27. The minimum absolute atomic E-state index is 0.165. The van der Waals surface area contributed by atoms with Crippen LogP contribution in [0.25, 0.3) is 10.9 Å². The highest BCUT2D eigenvalue weighted by atomic mass is 28.3. The van der Waals surface area contributed by atoms with E-state index in [2.05, 4.69) is 42.0 Å². The van der Waals surface area contributed by atoms with Crippen molar-refractivity contribution in [1.82, 2.24) is 19.7 Å². The number of likely N-dealkylation sites (tertiary alicyclic amines) is 1. The van der Waals surface area contributed by atoms with Crippen molar-refractivity contribution in [1.29, 1.82) is 0 Å². The molecule has 0 spiro atoms. The number of nitrogens with two attached hydrogens (primary N) is 1. The molecule has 4 rings (SSSR count). The first-order valence-corrected chi connectivity index (χ1v) is 16.1. The summed E-state index contributed by atoms with van der Waals surface area (Å²) < 4.78 is 7.53. The standard InChI is InChI=1S/C24H38N6O3Si/c1-16-8-9-20(17-6-5-7-17)29(14-16)24(32)23(31)28-19-13-26-22(25)18-12-27-30(21(18)19)15-33-10-11-34(2,3)4/h12-13,16-17,20H,5-11,14-15H2,1-4H3,(H2,25,26)(H,28,31). The van der Waals surface area contributed by atoms with Gasteiger partial charge in [0.25, 0.3) is 0 Å². The van der Waals surface area contributed by atoms with Crippen LogP contribution in [-0.4, -0.2) is 58.7 Å². The number of fused-ring (bicyclic) bond motifs is 1. The Labute approximate surface area is 202 Å². The highest BCUT2D eigenvalue weighted by molar-refractivity contribution is 6.76. The van der Waals surface area contributed by atoms with Crippen LogP contribution in [0.15, 0.2) is 12.4 Å². The molecule has 9 nitrogen and oxygen atoms in total. The normalized spacial score (nSPS) is 21.5. The van der Waals surface area contributed by atoms with Gasteiger partial charge < -0.3 is 20.7 Å². The molecule has 0 bridgehead atoms. The zero-order valence-electron chi connectivity index (χ0n) is 20.8. The minimum Gasteiger partial charge on any atom is -0.383 e. The van der Waals surface area contributed by atoms with E-state index in [-0.39, 0.29) is 12.8 Å². The third-order valence-electron chi connectivity index (χ3n) is 7.17. The van der Waals surface area contributed by atoms with Crippen molar-refractivity contribution in [3.8, 4) is 0 Å². The van der Waals surface area contributed by atoms with Crippen molar-refractivity contribution >= 4 is 42.3 Å². The maximum atomic E-state index is 13.3. The quantitative estimate of drug-likeness (QED) is 0.350. The Morgan fingerprint density at radius 2 is 1.97 bits per heavy atom. The lowest BCUT2D eigenvalue weighted by molar-refractivity contribution is -0.148. The highest BCUT2D eigenvalue weighted by Gasteiger charge is 2.39. The SMILES string of the molecule is CC1CCC(C2CCC2)N(C(=O)C(=O)Nc2cnc(N)c3cnn(COCC[Si](C)(C)C)c23)C1. The predicted molar refractivity (Wildman–Crippen MR) is 136 cm³/mol. The molecule has 2 aromatic rings. The number of nitrogen functional groups attached to an aromatic ring is 1. The number of rotatable bonds is 7. The molecule has 3 N–H and O–H groups in total. The lowest BCUT2D eigenvalue weighted by Crippen LogP contribution is -2.54. The maximum Gasteiger partial charge on any atom is 0.314 e. The van der Waals surface area contributed by atoms with Gasteiger partial charge in [-0.1, -0.05) is 33.0 Å². The van der Waals surface area contributed by atoms with E-state index in [9.17, 15) is 9.59 Å². The van der Waals surface area contributed by atoms with E-state index >= 15 is 0 Å². The number of ether oxygens (including phenoxy) is 1. The molecule has 2 unspecified atom stereocenters. The molecule has 1 aliphatic heterocycles. The van der Waals surface area contributed by atoms with E-state index in [0.29, 0.717) is 47.4 Å². The number of aromatic nitrogens is 3. The number of pyridine rings is 1. The van der Waals surface area contributed by atoms with Crippen LogP contribution >= 0.6 is 0 Å². The van der Waals surface area contributed by atoms with Crippen molar-refractivity contribution in [3.63, 3.8) is 0 Å². The van der Waals surface area contributed by atoms with Gasteiger partial charge in [-0.2, -0.15) is 5.10 Å². The first-order valence-electron chi connectivity index (χ1n) is 12.4. The van der Waals surface area contributed by atoms with Crippen molar-refractivity contribution in [2.24, 2.45) is 11.8 Å². The molecular weight excluding hydrogens is 448 g/mol. The van der Waals surface area contributed by atoms with Crippen LogP contribution in [0.2, 0.25) is 25.7 Å². The monoisotopic (exact) mass is 486 g/mol. The Hall–Kier alpha value is -2.46. The number of anilines is 2. The summed E-state index contributed by atoms with van der Waals surface area (Å²) in [6, 6.07) is 1.21. The Morgan fingerprint density at radius 3 is 2.65 bits per heavy atom. The molecule has 1 aliphatic carbocycles. The van der Waals surface area contributed by atoms with Crippen LogP contribution in [0.5, 0.6) is 0 Å². The van der Waals surface area contributed by atoms with Crippen molar-refractivity contribution in [2.45, 2.75) is 77.5 Å². The van der Waals surface area contributed by atoms with Crippen LogP contribution in [0.3, 0.4) is 0 Å². The van der Waals surface area contributed by atoms with E-state index in [0.717, 1.165) is 31.7 Å². The second-order valence-electron chi connectivity index (χ2n) is 11.2. The Balaban J connectivity index is 1.50. The average Bonchev–Trinajstić information content (AvgIpc) is 3.17. The molecule has 2 amide bonds. The van der Waals surface area contributed by atoms with Crippen LogP contribution in [-0.2, 0) is 21.1 Å². The van der Waals surface area contributed by atoms with Crippen LogP contribution < -0.4 is 11.1 Å². The van der Waals surface area contributed by atoms with Gasteiger partial charge in [-0.3, -0.25) is 9.59 Å². The minimum atomic E-state index is -1.21. The molecule has 2 aromatic heterocycles. The summed E-state index contributed by atoms with van der Waals surface area (Å²) in [5.74, 6) is 0.128. The lowest BCUT2D eigenvalue weighted by atomic mass is 9.75. The number of nitrogens with zero attached hydrogens (tertiary/aromatic N) is 4. The molecule has 0 radical (unpaired) electrons. The van der Waals surface area contributed by atoms with Gasteiger partial charge in [-0.05, 0) is 43.6 Å². The molecule has 34 heavy (non-hydrogen) atoms.